The number of nitrogens with zero attached hydrogens (tertiary/aromatic N) is 2. The number of carbonyl (C=O) groups is 1. The van der Waals surface area contributed by atoms with Gasteiger partial charge >= 0.3 is 0 Å². The van der Waals surface area contributed by atoms with Gasteiger partial charge in [-0.05, 0) is 47.9 Å². The molecular formula is C24H23N3OS. The molecule has 3 aromatic rings. The number of hydrogen-bond donors (Lipinski definition) is 1. The Kier molecular flexibility index (Phi) is 5.67. The summed E-state index contributed by atoms with van der Waals surface area (Å²) in [5.41, 5.74) is 4.94. The lowest BCUT2D eigenvalue weighted by molar-refractivity contribution is 0.0990. The smallest absolute Gasteiger partial charge is 0.259 e. The molecule has 2 aromatic carbocycles. The highest BCUT2D eigenvalue weighted by Gasteiger charge is 2.24. The number of hydrogen-bond acceptors (Lipinski definition) is 4. The summed E-state index contributed by atoms with van der Waals surface area (Å²) in [5.74, 6) is 0.0216. The molecule has 1 amide bonds. The summed E-state index contributed by atoms with van der Waals surface area (Å²) in [6, 6.07) is 18.1. The fourth-order valence-electron chi connectivity index (χ4n) is 3.37. The predicted octanol–water partition coefficient (Wildman–Crippen LogP) is 5.36. The zero-order chi connectivity index (χ0) is 20.2. The van der Waals surface area contributed by atoms with Crippen molar-refractivity contribution in [2.75, 3.05) is 11.9 Å². The largest absolute Gasteiger partial charge is 0.381 e. The highest BCUT2D eigenvalue weighted by molar-refractivity contribution is 7.99. The number of benzene rings is 2. The molecular weight excluding hydrogens is 378 g/mol. The van der Waals surface area contributed by atoms with Gasteiger partial charge in [0.15, 0.2) is 0 Å². The number of amides is 1. The van der Waals surface area contributed by atoms with E-state index in [1.165, 1.54) is 0 Å². The van der Waals surface area contributed by atoms with Gasteiger partial charge in [-0.15, -0.1) is 0 Å². The van der Waals surface area contributed by atoms with E-state index in [4.69, 9.17) is 0 Å². The predicted molar refractivity (Wildman–Crippen MR) is 119 cm³/mol. The summed E-state index contributed by atoms with van der Waals surface area (Å²) in [7, 11) is 1.85. The first kappa shape index (κ1) is 19.3. The van der Waals surface area contributed by atoms with Crippen LogP contribution in [0.5, 0.6) is 0 Å². The van der Waals surface area contributed by atoms with Crippen LogP contribution in [0.2, 0.25) is 0 Å². The van der Waals surface area contributed by atoms with Crippen molar-refractivity contribution < 1.29 is 4.79 Å². The lowest BCUT2D eigenvalue weighted by Crippen LogP contribution is -2.26. The SMILES string of the molecule is CC/C=C(\NCc1cccnc1)c1ccc2c(c1)N(C)C(=O)c1ccccc1S2. The average molecular weight is 402 g/mol. The molecule has 0 unspecified atom stereocenters. The molecule has 4 nitrogen and oxygen atoms in total. The van der Waals surface area contributed by atoms with Crippen molar-refractivity contribution in [3.8, 4) is 0 Å². The van der Waals surface area contributed by atoms with Crippen LogP contribution in [0.3, 0.4) is 0 Å². The molecule has 0 radical (unpaired) electrons. The second-order valence-electron chi connectivity index (χ2n) is 6.89. The lowest BCUT2D eigenvalue weighted by atomic mass is 10.1. The molecule has 0 saturated heterocycles. The zero-order valence-electron chi connectivity index (χ0n) is 16.6. The minimum Gasteiger partial charge on any atom is -0.381 e. The molecule has 0 aliphatic carbocycles. The van der Waals surface area contributed by atoms with Gasteiger partial charge in [-0.3, -0.25) is 9.78 Å². The molecule has 0 fully saturated rings. The quantitative estimate of drug-likeness (QED) is 0.625. The van der Waals surface area contributed by atoms with Crippen LogP contribution in [0.15, 0.2) is 82.9 Å². The third kappa shape index (κ3) is 4.05. The van der Waals surface area contributed by atoms with Gasteiger partial charge in [0.25, 0.3) is 5.91 Å². The Labute approximate surface area is 175 Å². The standard InChI is InChI=1S/C24H23N3OS/c1-3-7-20(26-16-17-8-6-13-25-15-17)18-11-12-23-21(14-18)27(2)24(28)19-9-4-5-10-22(19)29-23/h4-15,26H,3,16H2,1-2H3/b20-7-. The number of allylic oxidation sites excluding steroid dienone is 1. The van der Waals surface area contributed by atoms with Crippen molar-refractivity contribution in [2.45, 2.75) is 29.7 Å². The van der Waals surface area contributed by atoms with Gasteiger partial charge in [-0.2, -0.15) is 0 Å². The minimum atomic E-state index is 0.0216. The fourth-order valence-corrected chi connectivity index (χ4v) is 4.46. The van der Waals surface area contributed by atoms with Gasteiger partial charge in [0, 0.05) is 41.5 Å². The van der Waals surface area contributed by atoms with Crippen molar-refractivity contribution in [1.29, 1.82) is 0 Å². The van der Waals surface area contributed by atoms with Gasteiger partial charge in [0.1, 0.15) is 0 Å². The maximum Gasteiger partial charge on any atom is 0.259 e. The van der Waals surface area contributed by atoms with E-state index in [9.17, 15) is 4.79 Å². The molecule has 0 spiro atoms. The molecule has 29 heavy (non-hydrogen) atoms. The highest BCUT2D eigenvalue weighted by atomic mass is 32.2. The topological polar surface area (TPSA) is 45.2 Å². The Morgan fingerprint density at radius 3 is 2.79 bits per heavy atom. The Morgan fingerprint density at radius 1 is 1.14 bits per heavy atom. The Hall–Kier alpha value is -3.05. The summed E-state index contributed by atoms with van der Waals surface area (Å²) >= 11 is 1.64. The zero-order valence-corrected chi connectivity index (χ0v) is 17.4. The molecule has 146 valence electrons. The average Bonchev–Trinajstić information content (AvgIpc) is 2.87. The van der Waals surface area contributed by atoms with Crippen molar-refractivity contribution >= 4 is 29.1 Å². The number of aromatic nitrogens is 1. The monoisotopic (exact) mass is 401 g/mol. The first-order chi connectivity index (χ1) is 14.2. The molecule has 1 aromatic heterocycles. The number of carbonyl (C=O) groups excluding carboxylic acids is 1. The maximum atomic E-state index is 13.0. The van der Waals surface area contributed by atoms with Crippen LogP contribution in [0.25, 0.3) is 5.70 Å². The van der Waals surface area contributed by atoms with Gasteiger partial charge in [0.05, 0.1) is 11.3 Å². The summed E-state index contributed by atoms with van der Waals surface area (Å²) in [6.07, 6.45) is 6.75. The molecule has 1 N–H and O–H groups in total. The van der Waals surface area contributed by atoms with E-state index in [1.54, 1.807) is 22.9 Å². The van der Waals surface area contributed by atoms with E-state index in [-0.39, 0.29) is 5.91 Å². The van der Waals surface area contributed by atoms with E-state index in [0.717, 1.165) is 44.3 Å². The van der Waals surface area contributed by atoms with E-state index in [1.807, 2.05) is 43.6 Å². The van der Waals surface area contributed by atoms with Crippen LogP contribution in [0.4, 0.5) is 5.69 Å². The van der Waals surface area contributed by atoms with Crippen molar-refractivity contribution in [2.24, 2.45) is 0 Å². The molecule has 0 bridgehead atoms. The van der Waals surface area contributed by atoms with Crippen molar-refractivity contribution in [3.63, 3.8) is 0 Å². The van der Waals surface area contributed by atoms with Crippen LogP contribution >= 0.6 is 11.8 Å². The van der Waals surface area contributed by atoms with Gasteiger partial charge in [-0.25, -0.2) is 0 Å². The van der Waals surface area contributed by atoms with Crippen LogP contribution < -0.4 is 10.2 Å². The van der Waals surface area contributed by atoms with E-state index >= 15 is 0 Å². The summed E-state index contributed by atoms with van der Waals surface area (Å²) in [4.78, 5) is 21.0. The number of pyridine rings is 1. The van der Waals surface area contributed by atoms with Crippen LogP contribution in [0.1, 0.15) is 34.8 Å². The number of fused-ring (bicyclic) bond motifs is 2. The third-order valence-electron chi connectivity index (χ3n) is 4.89. The first-order valence-corrected chi connectivity index (χ1v) is 10.5. The van der Waals surface area contributed by atoms with E-state index in [0.29, 0.717) is 6.54 Å². The van der Waals surface area contributed by atoms with E-state index in [2.05, 4.69) is 47.6 Å². The molecule has 1 aliphatic rings. The van der Waals surface area contributed by atoms with Crippen molar-refractivity contribution in [3.05, 3.63) is 89.8 Å². The molecule has 4 rings (SSSR count). The second kappa shape index (κ2) is 8.53. The van der Waals surface area contributed by atoms with Gasteiger partial charge in [0.2, 0.25) is 0 Å². The minimum absolute atomic E-state index is 0.0216. The molecule has 1 aliphatic heterocycles. The Morgan fingerprint density at radius 2 is 2.00 bits per heavy atom. The van der Waals surface area contributed by atoms with Gasteiger partial charge < -0.3 is 10.2 Å². The second-order valence-corrected chi connectivity index (χ2v) is 7.97. The van der Waals surface area contributed by atoms with Crippen LogP contribution in [-0.2, 0) is 6.54 Å². The third-order valence-corrected chi connectivity index (χ3v) is 6.03. The number of anilines is 1. The number of nitrogens with one attached hydrogen (secondary N) is 1. The summed E-state index contributed by atoms with van der Waals surface area (Å²) in [6.45, 7) is 2.82. The van der Waals surface area contributed by atoms with Crippen molar-refractivity contribution in [1.82, 2.24) is 10.3 Å². The fraction of sp³-hybridized carbons (Fsp3) is 0.167. The molecule has 0 atom stereocenters. The highest BCUT2D eigenvalue weighted by Crippen LogP contribution is 2.41. The molecule has 2 heterocycles. The van der Waals surface area contributed by atoms with E-state index < -0.39 is 0 Å². The Bertz CT molecular complexity index is 1060. The maximum absolute atomic E-state index is 13.0. The number of rotatable bonds is 5. The normalized spacial score (nSPS) is 13.5. The Balaban J connectivity index is 1.66. The van der Waals surface area contributed by atoms with Crippen LogP contribution in [0, 0.1) is 0 Å². The molecule has 5 heteroatoms. The van der Waals surface area contributed by atoms with Gasteiger partial charge in [-0.1, -0.05) is 49.0 Å². The first-order valence-electron chi connectivity index (χ1n) is 9.69. The summed E-state index contributed by atoms with van der Waals surface area (Å²) in [5, 5.41) is 3.53. The summed E-state index contributed by atoms with van der Waals surface area (Å²) < 4.78 is 0. The van der Waals surface area contributed by atoms with Crippen LogP contribution in [-0.4, -0.2) is 17.9 Å². The lowest BCUT2D eigenvalue weighted by Gasteiger charge is -2.20. The molecule has 0 saturated carbocycles.